The molecular weight excluding hydrogens is 282 g/mol. The van der Waals surface area contributed by atoms with Crippen molar-refractivity contribution in [2.75, 3.05) is 5.43 Å². The first-order valence-corrected chi connectivity index (χ1v) is 6.67. The molecule has 3 aromatic rings. The molecule has 0 aliphatic carbocycles. The Hall–Kier alpha value is -3.15. The van der Waals surface area contributed by atoms with E-state index in [1.165, 1.54) is 12.1 Å². The lowest BCUT2D eigenvalue weighted by Crippen LogP contribution is -1.98. The average Bonchev–Trinajstić information content (AvgIpc) is 2.97. The van der Waals surface area contributed by atoms with Crippen LogP contribution in [0.4, 0.5) is 11.4 Å². The molecule has 0 saturated heterocycles. The van der Waals surface area contributed by atoms with Gasteiger partial charge in [-0.1, -0.05) is 18.2 Å². The molecule has 0 amide bonds. The van der Waals surface area contributed by atoms with E-state index in [4.69, 9.17) is 4.42 Å². The lowest BCUT2D eigenvalue weighted by Gasteiger charge is -2.01. The molecule has 0 atom stereocenters. The molecule has 6 heteroatoms. The van der Waals surface area contributed by atoms with E-state index in [2.05, 4.69) is 10.5 Å². The van der Waals surface area contributed by atoms with Crippen LogP contribution in [0.3, 0.4) is 0 Å². The number of para-hydroxylation sites is 1. The first-order chi connectivity index (χ1) is 10.6. The lowest BCUT2D eigenvalue weighted by atomic mass is 10.2. The van der Waals surface area contributed by atoms with Crippen molar-refractivity contribution in [3.05, 3.63) is 70.5 Å². The molecule has 0 aliphatic rings. The molecule has 1 N–H and O–H groups in total. The average molecular weight is 295 g/mol. The van der Waals surface area contributed by atoms with Crippen molar-refractivity contribution in [2.24, 2.45) is 5.10 Å². The highest BCUT2D eigenvalue weighted by atomic mass is 16.6. The number of fused-ring (bicyclic) bond motifs is 1. The number of benzene rings is 2. The zero-order valence-electron chi connectivity index (χ0n) is 11.8. The van der Waals surface area contributed by atoms with Crippen LogP contribution in [-0.2, 0) is 0 Å². The second-order valence-electron chi connectivity index (χ2n) is 4.76. The van der Waals surface area contributed by atoms with Gasteiger partial charge >= 0.3 is 0 Å². The summed E-state index contributed by atoms with van der Waals surface area (Å²) in [5.41, 5.74) is 5.07. The summed E-state index contributed by atoms with van der Waals surface area (Å²) in [6.45, 7) is 1.83. The number of nitro groups is 1. The number of anilines is 1. The smallest absolute Gasteiger partial charge is 0.269 e. The van der Waals surface area contributed by atoms with Gasteiger partial charge in [0, 0.05) is 17.5 Å². The van der Waals surface area contributed by atoms with E-state index >= 15 is 0 Å². The summed E-state index contributed by atoms with van der Waals surface area (Å²) in [4.78, 5) is 10.2. The highest BCUT2D eigenvalue weighted by Crippen LogP contribution is 2.20. The molecule has 0 aliphatic heterocycles. The van der Waals surface area contributed by atoms with E-state index in [-0.39, 0.29) is 5.69 Å². The fourth-order valence-electron chi connectivity index (χ4n) is 2.02. The van der Waals surface area contributed by atoms with E-state index in [1.54, 1.807) is 12.1 Å². The summed E-state index contributed by atoms with van der Waals surface area (Å²) in [6, 6.07) is 15.7. The van der Waals surface area contributed by atoms with Crippen LogP contribution < -0.4 is 5.43 Å². The number of rotatable bonds is 4. The Kier molecular flexibility index (Phi) is 3.57. The van der Waals surface area contributed by atoms with Gasteiger partial charge in [0.05, 0.1) is 10.6 Å². The summed E-state index contributed by atoms with van der Waals surface area (Å²) >= 11 is 0. The number of nitrogens with zero attached hydrogens (tertiary/aromatic N) is 2. The van der Waals surface area contributed by atoms with Crippen molar-refractivity contribution in [3.8, 4) is 0 Å². The Balaban J connectivity index is 1.77. The summed E-state index contributed by atoms with van der Waals surface area (Å²) in [5, 5.41) is 15.8. The molecule has 0 bridgehead atoms. The SMILES string of the molecule is C/C(=N\Nc1ccc([N+](=O)[O-])cc1)c1cc2ccccc2o1. The maximum Gasteiger partial charge on any atom is 0.269 e. The van der Waals surface area contributed by atoms with Gasteiger partial charge in [-0.05, 0) is 31.2 Å². The number of hydrazone groups is 1. The van der Waals surface area contributed by atoms with Crippen LogP contribution in [-0.4, -0.2) is 10.6 Å². The molecule has 0 radical (unpaired) electrons. The van der Waals surface area contributed by atoms with Gasteiger partial charge < -0.3 is 4.42 Å². The van der Waals surface area contributed by atoms with Gasteiger partial charge in [0.15, 0.2) is 5.76 Å². The van der Waals surface area contributed by atoms with Gasteiger partial charge in [0.2, 0.25) is 0 Å². The van der Waals surface area contributed by atoms with E-state index in [0.29, 0.717) is 17.2 Å². The molecule has 1 heterocycles. The normalized spacial score (nSPS) is 11.6. The molecule has 0 spiro atoms. The largest absolute Gasteiger partial charge is 0.455 e. The highest BCUT2D eigenvalue weighted by Gasteiger charge is 2.06. The maximum atomic E-state index is 10.6. The molecule has 0 saturated carbocycles. The fraction of sp³-hybridized carbons (Fsp3) is 0.0625. The molecule has 0 fully saturated rings. The highest BCUT2D eigenvalue weighted by molar-refractivity contribution is 6.00. The Labute approximate surface area is 126 Å². The number of furan rings is 1. The first-order valence-electron chi connectivity index (χ1n) is 6.67. The maximum absolute atomic E-state index is 10.6. The van der Waals surface area contributed by atoms with Gasteiger partial charge in [-0.25, -0.2) is 0 Å². The van der Waals surface area contributed by atoms with Crippen LogP contribution in [0.25, 0.3) is 11.0 Å². The first kappa shape index (κ1) is 13.8. The van der Waals surface area contributed by atoms with Crippen molar-refractivity contribution in [1.29, 1.82) is 0 Å². The summed E-state index contributed by atoms with van der Waals surface area (Å²) < 4.78 is 5.71. The summed E-state index contributed by atoms with van der Waals surface area (Å²) in [7, 11) is 0. The van der Waals surface area contributed by atoms with Crippen LogP contribution >= 0.6 is 0 Å². The predicted octanol–water partition coefficient (Wildman–Crippen LogP) is 4.18. The second kappa shape index (κ2) is 5.69. The Morgan fingerprint density at radius 1 is 1.18 bits per heavy atom. The van der Waals surface area contributed by atoms with Crippen molar-refractivity contribution in [3.63, 3.8) is 0 Å². The third-order valence-corrected chi connectivity index (χ3v) is 3.21. The van der Waals surface area contributed by atoms with Gasteiger partial charge in [-0.15, -0.1) is 0 Å². The van der Waals surface area contributed by atoms with E-state index in [1.807, 2.05) is 37.3 Å². The second-order valence-corrected chi connectivity index (χ2v) is 4.76. The Morgan fingerprint density at radius 2 is 1.91 bits per heavy atom. The quantitative estimate of drug-likeness (QED) is 0.445. The topological polar surface area (TPSA) is 80.7 Å². The van der Waals surface area contributed by atoms with Crippen LogP contribution in [0.5, 0.6) is 0 Å². The Morgan fingerprint density at radius 3 is 2.59 bits per heavy atom. The van der Waals surface area contributed by atoms with Crippen molar-refractivity contribution in [1.82, 2.24) is 0 Å². The third kappa shape index (κ3) is 2.80. The molecular formula is C16H13N3O3. The van der Waals surface area contributed by atoms with Crippen LogP contribution in [0.2, 0.25) is 0 Å². The Bertz CT molecular complexity index is 817. The van der Waals surface area contributed by atoms with Gasteiger partial charge in [0.25, 0.3) is 5.69 Å². The van der Waals surface area contributed by atoms with Crippen LogP contribution in [0.15, 0.2) is 64.1 Å². The van der Waals surface area contributed by atoms with E-state index in [0.717, 1.165) is 11.0 Å². The number of nitro benzene ring substituents is 1. The minimum Gasteiger partial charge on any atom is -0.455 e. The molecule has 110 valence electrons. The third-order valence-electron chi connectivity index (χ3n) is 3.21. The zero-order valence-corrected chi connectivity index (χ0v) is 11.8. The lowest BCUT2D eigenvalue weighted by molar-refractivity contribution is -0.384. The number of non-ortho nitro benzene ring substituents is 1. The fourth-order valence-corrected chi connectivity index (χ4v) is 2.02. The van der Waals surface area contributed by atoms with Crippen molar-refractivity contribution in [2.45, 2.75) is 6.92 Å². The predicted molar refractivity (Wildman–Crippen MR) is 85.1 cm³/mol. The van der Waals surface area contributed by atoms with Gasteiger partial charge in [0.1, 0.15) is 11.3 Å². The van der Waals surface area contributed by atoms with Crippen LogP contribution in [0.1, 0.15) is 12.7 Å². The summed E-state index contributed by atoms with van der Waals surface area (Å²) in [5.74, 6) is 0.676. The number of hydrogen-bond acceptors (Lipinski definition) is 5. The standard InChI is InChI=1S/C16H13N3O3/c1-11(16-10-12-4-2-3-5-15(12)22-16)17-18-13-6-8-14(9-7-13)19(20)21/h2-10,18H,1H3/b17-11+. The minimum atomic E-state index is -0.438. The monoisotopic (exact) mass is 295 g/mol. The molecule has 2 aromatic carbocycles. The number of nitrogens with one attached hydrogen (secondary N) is 1. The van der Waals surface area contributed by atoms with E-state index < -0.39 is 4.92 Å². The zero-order chi connectivity index (χ0) is 15.5. The molecule has 22 heavy (non-hydrogen) atoms. The summed E-state index contributed by atoms with van der Waals surface area (Å²) in [6.07, 6.45) is 0. The van der Waals surface area contributed by atoms with Crippen molar-refractivity contribution < 1.29 is 9.34 Å². The minimum absolute atomic E-state index is 0.0449. The van der Waals surface area contributed by atoms with E-state index in [9.17, 15) is 10.1 Å². The molecule has 1 aromatic heterocycles. The molecule has 0 unspecified atom stereocenters. The van der Waals surface area contributed by atoms with Gasteiger partial charge in [-0.3, -0.25) is 15.5 Å². The number of hydrogen-bond donors (Lipinski definition) is 1. The van der Waals surface area contributed by atoms with Crippen LogP contribution in [0, 0.1) is 10.1 Å². The van der Waals surface area contributed by atoms with Gasteiger partial charge in [-0.2, -0.15) is 5.10 Å². The molecule has 6 nitrogen and oxygen atoms in total. The van der Waals surface area contributed by atoms with Crippen molar-refractivity contribution >= 4 is 28.1 Å². The molecule has 3 rings (SSSR count).